The van der Waals surface area contributed by atoms with E-state index < -0.39 is 6.04 Å². The van der Waals surface area contributed by atoms with E-state index in [0.29, 0.717) is 5.56 Å². The second-order valence-electron chi connectivity index (χ2n) is 8.98. The Morgan fingerprint density at radius 3 is 2.38 bits per heavy atom. The second kappa shape index (κ2) is 9.13. The van der Waals surface area contributed by atoms with Gasteiger partial charge in [-0.2, -0.15) is 5.26 Å². The number of carbonyl (C=O) groups excluding carboxylic acids is 2. The standard InChI is InChI=1S/C26H29N3O3/c1-28(2)25(31)21-9-5-8-20(14-21)17-10-12-18(13-11-17)24-22(15-27)29(23(24)16-30)26(32)19-6-3-4-7-19/h5,8-14,19,22-24,30H,3-4,6-7,16H2,1-2H3/t22-,23+,24+/m1/s1. The van der Waals surface area contributed by atoms with Gasteiger partial charge in [0.25, 0.3) is 5.91 Å². The summed E-state index contributed by atoms with van der Waals surface area (Å²) in [6.45, 7) is -0.155. The number of nitrogens with zero attached hydrogens (tertiary/aromatic N) is 3. The fraction of sp³-hybridized carbons (Fsp3) is 0.423. The van der Waals surface area contributed by atoms with E-state index in [0.717, 1.165) is 42.4 Å². The maximum Gasteiger partial charge on any atom is 0.253 e. The van der Waals surface area contributed by atoms with Gasteiger partial charge in [0.05, 0.1) is 18.7 Å². The third-order valence-corrected chi connectivity index (χ3v) is 6.83. The van der Waals surface area contributed by atoms with E-state index in [-0.39, 0.29) is 36.3 Å². The first-order valence-corrected chi connectivity index (χ1v) is 11.2. The Hall–Kier alpha value is -3.17. The van der Waals surface area contributed by atoms with E-state index in [9.17, 15) is 20.0 Å². The maximum atomic E-state index is 12.9. The number of hydrogen-bond acceptors (Lipinski definition) is 4. The molecule has 0 aromatic heterocycles. The summed E-state index contributed by atoms with van der Waals surface area (Å²) in [5.41, 5.74) is 3.47. The molecule has 2 aliphatic rings. The number of benzene rings is 2. The second-order valence-corrected chi connectivity index (χ2v) is 8.98. The van der Waals surface area contributed by atoms with Crippen molar-refractivity contribution in [3.63, 3.8) is 0 Å². The molecule has 0 spiro atoms. The summed E-state index contributed by atoms with van der Waals surface area (Å²) in [5, 5.41) is 19.8. The SMILES string of the molecule is CN(C)C(=O)c1cccc(-c2ccc([C@H]3[C@@H](C#N)N(C(=O)C4CCCC4)[C@H]3CO)cc2)c1. The minimum Gasteiger partial charge on any atom is -0.394 e. The Morgan fingerprint density at radius 1 is 1.09 bits per heavy atom. The molecule has 3 atom stereocenters. The van der Waals surface area contributed by atoms with Crippen LogP contribution >= 0.6 is 0 Å². The number of hydrogen-bond donors (Lipinski definition) is 1. The van der Waals surface area contributed by atoms with Gasteiger partial charge in [-0.1, -0.05) is 49.2 Å². The number of aliphatic hydroxyl groups excluding tert-OH is 1. The molecule has 0 bridgehead atoms. The molecule has 1 aliphatic carbocycles. The van der Waals surface area contributed by atoms with Gasteiger partial charge in [0.15, 0.2) is 0 Å². The van der Waals surface area contributed by atoms with E-state index in [1.165, 1.54) is 0 Å². The van der Waals surface area contributed by atoms with E-state index in [1.54, 1.807) is 30.0 Å². The van der Waals surface area contributed by atoms with Crippen LogP contribution in [0.3, 0.4) is 0 Å². The van der Waals surface area contributed by atoms with Gasteiger partial charge in [-0.05, 0) is 41.7 Å². The summed E-state index contributed by atoms with van der Waals surface area (Å²) in [6, 6.07) is 16.8. The molecule has 32 heavy (non-hydrogen) atoms. The first-order valence-electron chi connectivity index (χ1n) is 11.2. The van der Waals surface area contributed by atoms with Crippen molar-refractivity contribution in [2.75, 3.05) is 20.7 Å². The van der Waals surface area contributed by atoms with Crippen molar-refractivity contribution in [1.82, 2.24) is 9.80 Å². The topological polar surface area (TPSA) is 84.6 Å². The first-order chi connectivity index (χ1) is 15.5. The summed E-state index contributed by atoms with van der Waals surface area (Å²) >= 11 is 0. The molecule has 166 valence electrons. The van der Waals surface area contributed by atoms with Gasteiger partial charge in [0, 0.05) is 31.5 Å². The number of rotatable bonds is 5. The van der Waals surface area contributed by atoms with Crippen LogP contribution in [0.15, 0.2) is 48.5 Å². The average molecular weight is 432 g/mol. The van der Waals surface area contributed by atoms with Gasteiger partial charge in [-0.3, -0.25) is 9.59 Å². The van der Waals surface area contributed by atoms with Crippen molar-refractivity contribution in [2.24, 2.45) is 5.92 Å². The third-order valence-electron chi connectivity index (χ3n) is 6.83. The Labute approximate surface area is 189 Å². The van der Waals surface area contributed by atoms with Gasteiger partial charge >= 0.3 is 0 Å². The molecule has 1 saturated heterocycles. The van der Waals surface area contributed by atoms with Gasteiger partial charge in [-0.15, -0.1) is 0 Å². The Balaban J connectivity index is 1.55. The third kappa shape index (κ3) is 3.89. The molecule has 2 aromatic rings. The lowest BCUT2D eigenvalue weighted by molar-refractivity contribution is -0.151. The lowest BCUT2D eigenvalue weighted by Crippen LogP contribution is -2.66. The normalized spacial score (nSPS) is 22.8. The van der Waals surface area contributed by atoms with Crippen LogP contribution in [-0.2, 0) is 4.79 Å². The molecule has 6 nitrogen and oxygen atoms in total. The highest BCUT2D eigenvalue weighted by Gasteiger charge is 2.52. The van der Waals surface area contributed by atoms with E-state index in [4.69, 9.17) is 0 Å². The summed E-state index contributed by atoms with van der Waals surface area (Å²) in [6.07, 6.45) is 3.86. The Bertz CT molecular complexity index is 1040. The average Bonchev–Trinajstić information content (AvgIpc) is 3.34. The van der Waals surface area contributed by atoms with Crippen LogP contribution < -0.4 is 0 Å². The van der Waals surface area contributed by atoms with Crippen molar-refractivity contribution >= 4 is 11.8 Å². The fourth-order valence-electron chi connectivity index (χ4n) is 5.08. The predicted octanol–water partition coefficient (Wildman–Crippen LogP) is 3.42. The molecular weight excluding hydrogens is 402 g/mol. The zero-order chi connectivity index (χ0) is 22.8. The van der Waals surface area contributed by atoms with Crippen LogP contribution in [0.5, 0.6) is 0 Å². The van der Waals surface area contributed by atoms with Crippen molar-refractivity contribution in [3.8, 4) is 17.2 Å². The summed E-state index contributed by atoms with van der Waals surface area (Å²) in [4.78, 5) is 28.4. The predicted molar refractivity (Wildman–Crippen MR) is 122 cm³/mol. The smallest absolute Gasteiger partial charge is 0.253 e. The largest absolute Gasteiger partial charge is 0.394 e. The molecule has 1 heterocycles. The van der Waals surface area contributed by atoms with Crippen molar-refractivity contribution < 1.29 is 14.7 Å². The highest BCUT2D eigenvalue weighted by molar-refractivity contribution is 5.95. The molecule has 1 saturated carbocycles. The first kappa shape index (κ1) is 22.0. The van der Waals surface area contributed by atoms with Crippen LogP contribution in [0.4, 0.5) is 0 Å². The molecule has 2 fully saturated rings. The zero-order valence-electron chi connectivity index (χ0n) is 18.6. The molecule has 2 amide bonds. The van der Waals surface area contributed by atoms with Gasteiger partial charge in [0.2, 0.25) is 5.91 Å². The highest BCUT2D eigenvalue weighted by Crippen LogP contribution is 2.43. The number of aliphatic hydroxyl groups is 1. The van der Waals surface area contributed by atoms with Gasteiger partial charge in [-0.25, -0.2) is 0 Å². The molecule has 6 heteroatoms. The van der Waals surface area contributed by atoms with Crippen molar-refractivity contribution in [3.05, 3.63) is 59.7 Å². The van der Waals surface area contributed by atoms with E-state index in [1.807, 2.05) is 42.5 Å². The monoisotopic (exact) mass is 431 g/mol. The van der Waals surface area contributed by atoms with E-state index >= 15 is 0 Å². The number of carbonyl (C=O) groups is 2. The van der Waals surface area contributed by atoms with Crippen molar-refractivity contribution in [1.29, 1.82) is 5.26 Å². The van der Waals surface area contributed by atoms with E-state index in [2.05, 4.69) is 6.07 Å². The molecule has 2 aromatic carbocycles. The van der Waals surface area contributed by atoms with Crippen LogP contribution in [0.1, 0.15) is 47.5 Å². The summed E-state index contributed by atoms with van der Waals surface area (Å²) in [7, 11) is 3.46. The van der Waals surface area contributed by atoms with Crippen LogP contribution in [-0.4, -0.2) is 59.5 Å². The van der Waals surface area contributed by atoms with Crippen molar-refractivity contribution in [2.45, 2.75) is 43.7 Å². The number of likely N-dealkylation sites (tertiary alicyclic amines) is 1. The summed E-state index contributed by atoms with van der Waals surface area (Å²) in [5.74, 6) is -0.248. The minimum absolute atomic E-state index is 0.0135. The molecule has 1 N–H and O–H groups in total. The highest BCUT2D eigenvalue weighted by atomic mass is 16.3. The molecule has 1 aliphatic heterocycles. The van der Waals surface area contributed by atoms with Gasteiger partial charge < -0.3 is 14.9 Å². The molecule has 4 rings (SSSR count). The van der Waals surface area contributed by atoms with Crippen LogP contribution in [0.2, 0.25) is 0 Å². The lowest BCUT2D eigenvalue weighted by atomic mass is 9.74. The molecule has 0 radical (unpaired) electrons. The quantitative estimate of drug-likeness (QED) is 0.786. The molecule has 0 unspecified atom stereocenters. The maximum absolute atomic E-state index is 12.9. The van der Waals surface area contributed by atoms with Crippen LogP contribution in [0, 0.1) is 17.2 Å². The Kier molecular flexibility index (Phi) is 6.29. The lowest BCUT2D eigenvalue weighted by Gasteiger charge is -2.52. The summed E-state index contributed by atoms with van der Waals surface area (Å²) < 4.78 is 0. The van der Waals surface area contributed by atoms with Crippen LogP contribution in [0.25, 0.3) is 11.1 Å². The Morgan fingerprint density at radius 2 is 1.78 bits per heavy atom. The fourth-order valence-corrected chi connectivity index (χ4v) is 5.08. The molecular formula is C26H29N3O3. The number of amides is 2. The minimum atomic E-state index is -0.549. The zero-order valence-corrected chi connectivity index (χ0v) is 18.6. The van der Waals surface area contributed by atoms with Gasteiger partial charge in [0.1, 0.15) is 6.04 Å². The number of nitriles is 1.